The number of hydrogen-bond acceptors (Lipinski definition) is 4. The zero-order chi connectivity index (χ0) is 25.4. The van der Waals surface area contributed by atoms with Crippen LogP contribution in [0.25, 0.3) is 11.1 Å². The van der Waals surface area contributed by atoms with Crippen LogP contribution in [0.1, 0.15) is 60.2 Å². The van der Waals surface area contributed by atoms with Crippen LogP contribution in [0.5, 0.6) is 5.75 Å². The lowest BCUT2D eigenvalue weighted by Crippen LogP contribution is -2.21. The van der Waals surface area contributed by atoms with E-state index in [4.69, 9.17) is 4.74 Å². The van der Waals surface area contributed by atoms with Crippen molar-refractivity contribution in [1.82, 2.24) is 9.88 Å². The summed E-state index contributed by atoms with van der Waals surface area (Å²) in [6.07, 6.45) is 5.84. The number of nitrogens with zero attached hydrogens (tertiary/aromatic N) is 2. The van der Waals surface area contributed by atoms with Crippen molar-refractivity contribution in [1.29, 1.82) is 0 Å². The SMILES string of the molecule is Cc1cc(-c2ccc(C3CCc4ccc(CC(C)C(=O)O)cc4O3)cc2CN(C)C2CC2)c(F)cn1. The van der Waals surface area contributed by atoms with E-state index in [0.29, 0.717) is 18.0 Å². The number of ether oxygens (including phenoxy) is 1. The summed E-state index contributed by atoms with van der Waals surface area (Å²) in [6, 6.07) is 14.7. The molecular weight excluding hydrogens is 455 g/mol. The van der Waals surface area contributed by atoms with Crippen LogP contribution < -0.4 is 4.74 Å². The van der Waals surface area contributed by atoms with Crippen LogP contribution in [0.4, 0.5) is 4.39 Å². The summed E-state index contributed by atoms with van der Waals surface area (Å²) in [5.41, 5.74) is 6.56. The lowest BCUT2D eigenvalue weighted by molar-refractivity contribution is -0.141. The number of aromatic nitrogens is 1. The first-order valence-corrected chi connectivity index (χ1v) is 12.8. The van der Waals surface area contributed by atoms with Crippen molar-refractivity contribution >= 4 is 5.97 Å². The third-order valence-corrected chi connectivity index (χ3v) is 7.41. The van der Waals surface area contributed by atoms with Gasteiger partial charge in [-0.25, -0.2) is 4.39 Å². The summed E-state index contributed by atoms with van der Waals surface area (Å²) >= 11 is 0. The van der Waals surface area contributed by atoms with E-state index in [1.807, 2.05) is 31.2 Å². The number of carbonyl (C=O) groups is 1. The average molecular weight is 489 g/mol. The summed E-state index contributed by atoms with van der Waals surface area (Å²) in [5, 5.41) is 9.27. The topological polar surface area (TPSA) is 62.7 Å². The Hall–Kier alpha value is -3.25. The number of halogens is 1. The van der Waals surface area contributed by atoms with Gasteiger partial charge in [0, 0.05) is 23.8 Å². The van der Waals surface area contributed by atoms with Gasteiger partial charge in [-0.2, -0.15) is 0 Å². The van der Waals surface area contributed by atoms with E-state index in [9.17, 15) is 14.3 Å². The van der Waals surface area contributed by atoms with Gasteiger partial charge >= 0.3 is 5.97 Å². The molecule has 1 aliphatic carbocycles. The van der Waals surface area contributed by atoms with Gasteiger partial charge in [0.2, 0.25) is 0 Å². The summed E-state index contributed by atoms with van der Waals surface area (Å²) in [6.45, 7) is 4.35. The molecule has 0 spiro atoms. The Balaban J connectivity index is 1.44. The molecule has 36 heavy (non-hydrogen) atoms. The van der Waals surface area contributed by atoms with Gasteiger partial charge in [0.1, 0.15) is 17.7 Å². The largest absolute Gasteiger partial charge is 0.485 e. The van der Waals surface area contributed by atoms with Gasteiger partial charge in [-0.1, -0.05) is 37.3 Å². The Labute approximate surface area is 211 Å². The van der Waals surface area contributed by atoms with Crippen molar-refractivity contribution < 1.29 is 19.0 Å². The van der Waals surface area contributed by atoms with E-state index in [1.54, 1.807) is 6.92 Å². The molecule has 1 saturated carbocycles. The van der Waals surface area contributed by atoms with Crippen molar-refractivity contribution in [3.8, 4) is 16.9 Å². The zero-order valence-electron chi connectivity index (χ0n) is 21.1. The fraction of sp³-hybridized carbons (Fsp3) is 0.400. The molecule has 188 valence electrons. The van der Waals surface area contributed by atoms with E-state index in [-0.39, 0.29) is 11.9 Å². The van der Waals surface area contributed by atoms with Crippen molar-refractivity contribution in [3.05, 3.63) is 82.4 Å². The predicted octanol–water partition coefficient (Wildman–Crippen LogP) is 6.12. The van der Waals surface area contributed by atoms with Crippen LogP contribution in [0, 0.1) is 18.7 Å². The lowest BCUT2D eigenvalue weighted by atomic mass is 9.91. The standard InChI is InChI=1S/C30H33FN2O3/c1-18(30(34)35)12-20-4-5-21-7-11-28(36-29(21)14-20)22-6-10-25(26-13-19(2)32-16-27(26)31)23(15-22)17-33(3)24-8-9-24/h4-6,10,13-16,18,24,28H,7-9,11-12,17H2,1-3H3,(H,34,35). The second-order valence-electron chi connectivity index (χ2n) is 10.4. The molecule has 2 aliphatic rings. The number of carboxylic acid groups (broad SMARTS) is 1. The first-order chi connectivity index (χ1) is 17.3. The molecule has 3 aromatic rings. The first kappa shape index (κ1) is 24.4. The lowest BCUT2D eigenvalue weighted by Gasteiger charge is -2.28. The number of pyridine rings is 1. The Morgan fingerprint density at radius 1 is 1.17 bits per heavy atom. The summed E-state index contributed by atoms with van der Waals surface area (Å²) in [5.74, 6) is -0.721. The van der Waals surface area contributed by atoms with E-state index in [1.165, 1.54) is 19.0 Å². The second kappa shape index (κ2) is 10.0. The highest BCUT2D eigenvalue weighted by Crippen LogP contribution is 2.38. The van der Waals surface area contributed by atoms with Crippen LogP contribution in [-0.4, -0.2) is 34.0 Å². The van der Waals surface area contributed by atoms with Crippen molar-refractivity contribution in [2.75, 3.05) is 7.05 Å². The van der Waals surface area contributed by atoms with Gasteiger partial charge in [-0.3, -0.25) is 14.7 Å². The van der Waals surface area contributed by atoms with Crippen LogP contribution in [0.2, 0.25) is 0 Å². The zero-order valence-corrected chi connectivity index (χ0v) is 21.1. The third kappa shape index (κ3) is 5.29. The van der Waals surface area contributed by atoms with Gasteiger partial charge in [0.25, 0.3) is 0 Å². The molecule has 2 unspecified atom stereocenters. The smallest absolute Gasteiger partial charge is 0.306 e. The number of aryl methyl sites for hydroxylation is 2. The molecule has 0 bridgehead atoms. The highest BCUT2D eigenvalue weighted by atomic mass is 19.1. The monoisotopic (exact) mass is 488 g/mol. The molecule has 5 rings (SSSR count). The molecule has 1 fully saturated rings. The highest BCUT2D eigenvalue weighted by Gasteiger charge is 2.28. The molecule has 2 heterocycles. The molecule has 1 aromatic heterocycles. The Morgan fingerprint density at radius 3 is 2.72 bits per heavy atom. The Kier molecular flexibility index (Phi) is 6.80. The minimum atomic E-state index is -0.795. The molecule has 1 aliphatic heterocycles. The number of carboxylic acids is 1. The van der Waals surface area contributed by atoms with E-state index >= 15 is 0 Å². The first-order valence-electron chi connectivity index (χ1n) is 12.8. The van der Waals surface area contributed by atoms with E-state index in [0.717, 1.165) is 58.6 Å². The van der Waals surface area contributed by atoms with Crippen molar-refractivity contribution in [3.63, 3.8) is 0 Å². The molecule has 1 N–H and O–H groups in total. The van der Waals surface area contributed by atoms with Crippen LogP contribution in [0.3, 0.4) is 0 Å². The molecular formula is C30H33FN2O3. The molecule has 2 atom stereocenters. The number of fused-ring (bicyclic) bond motifs is 1. The maximum absolute atomic E-state index is 14.8. The third-order valence-electron chi connectivity index (χ3n) is 7.41. The fourth-order valence-electron chi connectivity index (χ4n) is 5.09. The van der Waals surface area contributed by atoms with Gasteiger partial charge in [-0.15, -0.1) is 0 Å². The minimum Gasteiger partial charge on any atom is -0.485 e. The normalized spacial score (nSPS) is 18.0. The number of hydrogen-bond donors (Lipinski definition) is 1. The van der Waals surface area contributed by atoms with Gasteiger partial charge < -0.3 is 9.84 Å². The van der Waals surface area contributed by atoms with Crippen LogP contribution in [0.15, 0.2) is 48.7 Å². The fourth-order valence-corrected chi connectivity index (χ4v) is 5.09. The molecule has 2 aromatic carbocycles. The average Bonchev–Trinajstić information content (AvgIpc) is 3.71. The maximum atomic E-state index is 14.8. The van der Waals surface area contributed by atoms with Gasteiger partial charge in [-0.05, 0) is 86.0 Å². The summed E-state index contributed by atoms with van der Waals surface area (Å²) < 4.78 is 21.3. The van der Waals surface area contributed by atoms with Crippen LogP contribution in [-0.2, 0) is 24.2 Å². The number of aliphatic carboxylic acids is 1. The van der Waals surface area contributed by atoms with Crippen molar-refractivity contribution in [2.45, 2.75) is 64.6 Å². The molecule has 0 radical (unpaired) electrons. The number of benzene rings is 2. The minimum absolute atomic E-state index is 0.104. The molecule has 0 amide bonds. The Morgan fingerprint density at radius 2 is 1.97 bits per heavy atom. The van der Waals surface area contributed by atoms with Crippen LogP contribution >= 0.6 is 0 Å². The van der Waals surface area contributed by atoms with Gasteiger partial charge in [0.15, 0.2) is 0 Å². The second-order valence-corrected chi connectivity index (χ2v) is 10.4. The molecule has 0 saturated heterocycles. The highest BCUT2D eigenvalue weighted by molar-refractivity contribution is 5.70. The maximum Gasteiger partial charge on any atom is 0.306 e. The molecule has 5 nitrogen and oxygen atoms in total. The predicted molar refractivity (Wildman–Crippen MR) is 137 cm³/mol. The Bertz CT molecular complexity index is 1290. The number of rotatable bonds is 8. The van der Waals surface area contributed by atoms with E-state index < -0.39 is 11.9 Å². The van der Waals surface area contributed by atoms with Gasteiger partial charge in [0.05, 0.1) is 12.1 Å². The molecule has 6 heteroatoms. The van der Waals surface area contributed by atoms with E-state index in [2.05, 4.69) is 35.1 Å². The summed E-state index contributed by atoms with van der Waals surface area (Å²) in [7, 11) is 2.13. The quantitative estimate of drug-likeness (QED) is 0.414. The summed E-state index contributed by atoms with van der Waals surface area (Å²) in [4.78, 5) is 17.7. The van der Waals surface area contributed by atoms with Crippen molar-refractivity contribution in [2.24, 2.45) is 5.92 Å².